The monoisotopic (exact) mass is 203 g/mol. The third kappa shape index (κ3) is 1.40. The first-order chi connectivity index (χ1) is 6.41. The van der Waals surface area contributed by atoms with E-state index >= 15 is 0 Å². The molecule has 79 valence electrons. The van der Waals surface area contributed by atoms with Gasteiger partial charge < -0.3 is 19.3 Å². The topological polar surface area (TPSA) is 84.9 Å². The van der Waals surface area contributed by atoms with Gasteiger partial charge in [-0.2, -0.15) is 5.11 Å². The maximum atomic E-state index is 11.2. The van der Waals surface area contributed by atoms with Crippen LogP contribution in [0.5, 0.6) is 0 Å². The zero-order chi connectivity index (χ0) is 10.5. The van der Waals surface area contributed by atoms with E-state index in [0.29, 0.717) is 0 Å². The summed E-state index contributed by atoms with van der Waals surface area (Å²) in [6, 6.07) is 0. The van der Waals surface area contributed by atoms with Crippen LogP contribution in [-0.4, -0.2) is 41.5 Å². The zero-order valence-corrected chi connectivity index (χ0v) is 7.80. The second kappa shape index (κ2) is 2.90. The molecular formula is C8H11O6. The molecule has 1 N–H and O–H groups in total. The van der Waals surface area contributed by atoms with Gasteiger partial charge in [0.1, 0.15) is 6.10 Å². The lowest BCUT2D eigenvalue weighted by molar-refractivity contribution is -0.221. The van der Waals surface area contributed by atoms with Gasteiger partial charge in [-0.1, -0.05) is 0 Å². The predicted octanol–water partition coefficient (Wildman–Crippen LogP) is -0.819. The molecule has 0 bridgehead atoms. The van der Waals surface area contributed by atoms with Gasteiger partial charge in [-0.15, -0.1) is 0 Å². The molecule has 2 aliphatic heterocycles. The zero-order valence-electron chi connectivity index (χ0n) is 7.80. The Morgan fingerprint density at radius 2 is 2.07 bits per heavy atom. The first kappa shape index (κ1) is 9.85. The van der Waals surface area contributed by atoms with Gasteiger partial charge >= 0.3 is 5.97 Å². The molecule has 6 nitrogen and oxygen atoms in total. The van der Waals surface area contributed by atoms with Crippen LogP contribution in [0.2, 0.25) is 0 Å². The third-order valence-electron chi connectivity index (χ3n) is 2.22. The molecule has 0 spiro atoms. The van der Waals surface area contributed by atoms with Crippen molar-refractivity contribution in [1.29, 1.82) is 0 Å². The molecule has 14 heavy (non-hydrogen) atoms. The number of cyclic esters (lactones) is 1. The second-order valence-electron chi connectivity index (χ2n) is 3.81. The van der Waals surface area contributed by atoms with Gasteiger partial charge in [0.2, 0.25) is 6.29 Å². The lowest BCUT2D eigenvalue weighted by Gasteiger charge is -2.21. The van der Waals surface area contributed by atoms with Crippen molar-refractivity contribution < 1.29 is 29.2 Å². The van der Waals surface area contributed by atoms with Gasteiger partial charge in [0.15, 0.2) is 18.0 Å². The molecule has 4 atom stereocenters. The molecule has 2 aliphatic rings. The molecule has 0 amide bonds. The number of rotatable bonds is 1. The fourth-order valence-corrected chi connectivity index (χ4v) is 1.70. The van der Waals surface area contributed by atoms with Crippen molar-refractivity contribution in [1.82, 2.24) is 0 Å². The maximum absolute atomic E-state index is 11.2. The molecule has 0 aromatic rings. The van der Waals surface area contributed by atoms with Crippen LogP contribution in [0.25, 0.3) is 0 Å². The van der Waals surface area contributed by atoms with Gasteiger partial charge in [0.05, 0.1) is 0 Å². The first-order valence-corrected chi connectivity index (χ1v) is 4.31. The fourth-order valence-electron chi connectivity index (χ4n) is 1.70. The van der Waals surface area contributed by atoms with E-state index in [0.717, 1.165) is 0 Å². The quantitative estimate of drug-likeness (QED) is 0.444. The summed E-state index contributed by atoms with van der Waals surface area (Å²) < 4.78 is 15.1. The van der Waals surface area contributed by atoms with Crippen molar-refractivity contribution in [3.8, 4) is 0 Å². The molecule has 0 saturated carbocycles. The smallest absolute Gasteiger partial charge is 0.338 e. The highest BCUT2D eigenvalue weighted by Crippen LogP contribution is 2.36. The van der Waals surface area contributed by atoms with Gasteiger partial charge in [0, 0.05) is 0 Å². The van der Waals surface area contributed by atoms with Crippen molar-refractivity contribution in [2.75, 3.05) is 0 Å². The van der Waals surface area contributed by atoms with Crippen LogP contribution >= 0.6 is 0 Å². The molecule has 1 radical (unpaired) electrons. The molecule has 0 aromatic carbocycles. The molecule has 2 saturated heterocycles. The molecule has 2 heterocycles. The average molecular weight is 203 g/mol. The SMILES string of the molecule is CC1(C)O[C@@H]2[C@@H](C([O])O)OC(=O)[C@@H]2O1. The number of fused-ring (bicyclic) bond motifs is 1. The minimum Gasteiger partial charge on any atom is -0.452 e. The Labute approximate surface area is 80.4 Å². The number of carbonyl (C=O) groups excluding carboxylic acids is 1. The molecular weight excluding hydrogens is 192 g/mol. The van der Waals surface area contributed by atoms with Crippen molar-refractivity contribution in [3.05, 3.63) is 0 Å². The number of aliphatic hydroxyl groups excluding tert-OH is 1. The lowest BCUT2D eigenvalue weighted by Crippen LogP contribution is -2.37. The molecule has 2 fully saturated rings. The van der Waals surface area contributed by atoms with E-state index in [9.17, 15) is 9.90 Å². The van der Waals surface area contributed by atoms with E-state index < -0.39 is 36.4 Å². The molecule has 6 heteroatoms. The van der Waals surface area contributed by atoms with E-state index in [1.807, 2.05) is 0 Å². The Bertz CT molecular complexity index is 261. The highest BCUT2D eigenvalue weighted by molar-refractivity contribution is 5.78. The summed E-state index contributed by atoms with van der Waals surface area (Å²) in [4.78, 5) is 11.2. The van der Waals surface area contributed by atoms with E-state index in [1.54, 1.807) is 13.8 Å². The number of hydrogen-bond donors (Lipinski definition) is 1. The molecule has 2 rings (SSSR count). The summed E-state index contributed by atoms with van der Waals surface area (Å²) in [5, 5.41) is 19.6. The number of aliphatic hydroxyl groups is 1. The summed E-state index contributed by atoms with van der Waals surface area (Å²) in [5.41, 5.74) is 0. The van der Waals surface area contributed by atoms with Gasteiger partial charge in [-0.05, 0) is 13.8 Å². The Balaban J connectivity index is 2.19. The number of esters is 1. The highest BCUT2D eigenvalue weighted by Gasteiger charge is 2.58. The summed E-state index contributed by atoms with van der Waals surface area (Å²) in [6.07, 6.45) is -4.86. The van der Waals surface area contributed by atoms with Gasteiger partial charge in [0.25, 0.3) is 0 Å². The number of hydrogen-bond acceptors (Lipinski definition) is 5. The Morgan fingerprint density at radius 1 is 1.43 bits per heavy atom. The van der Waals surface area contributed by atoms with Crippen LogP contribution < -0.4 is 0 Å². The van der Waals surface area contributed by atoms with Crippen LogP contribution in [0.1, 0.15) is 13.8 Å². The second-order valence-corrected chi connectivity index (χ2v) is 3.81. The summed E-state index contributed by atoms with van der Waals surface area (Å²) >= 11 is 0. The summed E-state index contributed by atoms with van der Waals surface area (Å²) in [6.45, 7) is 3.26. The summed E-state index contributed by atoms with van der Waals surface area (Å²) in [5.74, 6) is -1.57. The van der Waals surface area contributed by atoms with Crippen LogP contribution in [0.15, 0.2) is 0 Å². The largest absolute Gasteiger partial charge is 0.452 e. The molecule has 1 unspecified atom stereocenters. The Kier molecular flexibility index (Phi) is 2.04. The van der Waals surface area contributed by atoms with Gasteiger partial charge in [-0.25, -0.2) is 4.79 Å². The van der Waals surface area contributed by atoms with Crippen LogP contribution in [0.3, 0.4) is 0 Å². The predicted molar refractivity (Wildman–Crippen MR) is 40.4 cm³/mol. The van der Waals surface area contributed by atoms with Crippen LogP contribution in [0.4, 0.5) is 0 Å². The van der Waals surface area contributed by atoms with E-state index in [2.05, 4.69) is 4.74 Å². The van der Waals surface area contributed by atoms with Crippen LogP contribution in [-0.2, 0) is 24.1 Å². The van der Waals surface area contributed by atoms with Crippen molar-refractivity contribution in [2.45, 2.75) is 44.2 Å². The van der Waals surface area contributed by atoms with E-state index in [1.165, 1.54) is 0 Å². The standard InChI is InChI=1S/C8H11O6/c1-8(2)13-3-4(6(9)10)12-7(11)5(3)14-8/h3-6,9H,1-2H3/t3-,4+,5-,6?/m1/s1. The highest BCUT2D eigenvalue weighted by atomic mass is 16.8. The lowest BCUT2D eigenvalue weighted by atomic mass is 10.1. The van der Waals surface area contributed by atoms with Gasteiger partial charge in [-0.3, -0.25) is 0 Å². The van der Waals surface area contributed by atoms with Crippen molar-refractivity contribution in [3.63, 3.8) is 0 Å². The first-order valence-electron chi connectivity index (χ1n) is 4.31. The fraction of sp³-hybridized carbons (Fsp3) is 0.875. The van der Waals surface area contributed by atoms with Crippen LogP contribution in [0, 0.1) is 0 Å². The molecule has 0 aliphatic carbocycles. The van der Waals surface area contributed by atoms with E-state index in [4.69, 9.17) is 14.6 Å². The van der Waals surface area contributed by atoms with Crippen molar-refractivity contribution in [2.24, 2.45) is 0 Å². The third-order valence-corrected chi connectivity index (χ3v) is 2.22. The van der Waals surface area contributed by atoms with E-state index in [-0.39, 0.29) is 0 Å². The number of carbonyl (C=O) groups is 1. The Morgan fingerprint density at radius 3 is 2.64 bits per heavy atom. The molecule has 0 aromatic heterocycles. The minimum atomic E-state index is -1.99. The minimum absolute atomic E-state index is 0.652. The average Bonchev–Trinajstić information content (AvgIpc) is 2.47. The van der Waals surface area contributed by atoms with Crippen molar-refractivity contribution >= 4 is 5.97 Å². The maximum Gasteiger partial charge on any atom is 0.338 e. The normalized spacial score (nSPS) is 40.1. The number of ether oxygens (including phenoxy) is 3. The Hall–Kier alpha value is -0.690. The summed E-state index contributed by atoms with van der Waals surface area (Å²) in [7, 11) is 0.